The van der Waals surface area contributed by atoms with Crippen LogP contribution >= 0.6 is 0 Å². The fourth-order valence-electron chi connectivity index (χ4n) is 5.28. The van der Waals surface area contributed by atoms with Crippen LogP contribution in [-0.4, -0.2) is 57.7 Å². The van der Waals surface area contributed by atoms with E-state index >= 15 is 0 Å². The molecule has 1 saturated carbocycles. The van der Waals surface area contributed by atoms with E-state index in [2.05, 4.69) is 24.8 Å². The maximum Gasteiger partial charge on any atom is 0.434 e. The van der Waals surface area contributed by atoms with Crippen molar-refractivity contribution in [3.8, 4) is 23.0 Å². The Morgan fingerprint density at radius 1 is 1.00 bits per heavy atom. The number of halogens is 3. The molecule has 0 amide bonds. The van der Waals surface area contributed by atoms with Crippen molar-refractivity contribution in [1.82, 2.24) is 24.8 Å². The first-order valence-electron chi connectivity index (χ1n) is 11.7. The number of piperidine rings is 2. The van der Waals surface area contributed by atoms with Gasteiger partial charge in [0.15, 0.2) is 11.5 Å². The second kappa shape index (κ2) is 9.98. The summed E-state index contributed by atoms with van der Waals surface area (Å²) in [6.45, 7) is 0.787. The third kappa shape index (κ3) is 4.72. The summed E-state index contributed by atoms with van der Waals surface area (Å²) in [5.41, 5.74) is 0.566. The minimum Gasteiger partial charge on any atom is -0.496 e. The monoisotopic (exact) mass is 501 g/mol. The Morgan fingerprint density at radius 2 is 1.81 bits per heavy atom. The van der Waals surface area contributed by atoms with Gasteiger partial charge in [-0.05, 0) is 37.3 Å². The molecule has 2 saturated heterocycles. The van der Waals surface area contributed by atoms with Gasteiger partial charge in [-0.25, -0.2) is 19.9 Å². The number of benzene rings is 1. The Hall–Kier alpha value is -3.31. The van der Waals surface area contributed by atoms with E-state index in [1.807, 2.05) is 18.2 Å². The minimum absolute atomic E-state index is 0.0431. The SMILES string of the molecule is COc1cccc(-c2ncccn2)c1C(OC)N1CC2CCC1C(Oc1cnc(C(F)(F)F)cn1)C2. The van der Waals surface area contributed by atoms with Gasteiger partial charge in [-0.3, -0.25) is 4.90 Å². The van der Waals surface area contributed by atoms with Crippen molar-refractivity contribution in [3.05, 3.63) is 60.3 Å². The highest BCUT2D eigenvalue weighted by Crippen LogP contribution is 2.45. The van der Waals surface area contributed by atoms with Crippen molar-refractivity contribution in [2.24, 2.45) is 5.92 Å². The number of nitrogens with zero attached hydrogens (tertiary/aromatic N) is 5. The minimum atomic E-state index is -4.55. The van der Waals surface area contributed by atoms with E-state index in [9.17, 15) is 13.2 Å². The van der Waals surface area contributed by atoms with Crippen LogP contribution in [0.25, 0.3) is 11.4 Å². The van der Waals surface area contributed by atoms with Gasteiger partial charge in [-0.1, -0.05) is 12.1 Å². The highest BCUT2D eigenvalue weighted by Gasteiger charge is 2.46. The molecule has 2 aliphatic heterocycles. The fourth-order valence-corrected chi connectivity index (χ4v) is 5.28. The molecule has 3 fully saturated rings. The molecule has 0 radical (unpaired) electrons. The number of ether oxygens (including phenoxy) is 3. The van der Waals surface area contributed by atoms with Crippen LogP contribution in [0, 0.1) is 5.92 Å². The molecule has 1 aliphatic carbocycles. The number of methoxy groups -OCH3 is 2. The van der Waals surface area contributed by atoms with Gasteiger partial charge in [0.05, 0.1) is 19.5 Å². The van der Waals surface area contributed by atoms with E-state index in [1.165, 1.54) is 0 Å². The Labute approximate surface area is 206 Å². The predicted octanol–water partition coefficient (Wildman–Crippen LogP) is 4.54. The van der Waals surface area contributed by atoms with Gasteiger partial charge < -0.3 is 14.2 Å². The summed E-state index contributed by atoms with van der Waals surface area (Å²) >= 11 is 0. The molecule has 2 bridgehead atoms. The molecule has 1 aromatic carbocycles. The van der Waals surface area contributed by atoms with Gasteiger partial charge in [0.2, 0.25) is 5.88 Å². The van der Waals surface area contributed by atoms with Crippen LogP contribution in [-0.2, 0) is 10.9 Å². The Bertz CT molecular complexity index is 1180. The van der Waals surface area contributed by atoms with Crippen LogP contribution in [0.3, 0.4) is 0 Å². The van der Waals surface area contributed by atoms with E-state index in [4.69, 9.17) is 14.2 Å². The number of alkyl halides is 3. The van der Waals surface area contributed by atoms with Crippen molar-refractivity contribution in [2.75, 3.05) is 20.8 Å². The summed E-state index contributed by atoms with van der Waals surface area (Å²) in [5.74, 6) is 1.62. The number of fused-ring (bicyclic) bond motifs is 3. The van der Waals surface area contributed by atoms with Crippen LogP contribution in [0.4, 0.5) is 13.2 Å². The summed E-state index contributed by atoms with van der Waals surface area (Å²) in [6, 6.07) is 7.42. The van der Waals surface area contributed by atoms with E-state index in [0.29, 0.717) is 23.7 Å². The molecule has 190 valence electrons. The summed E-state index contributed by atoms with van der Waals surface area (Å²) in [4.78, 5) is 18.4. The number of hydrogen-bond donors (Lipinski definition) is 0. The second-order valence-electron chi connectivity index (χ2n) is 8.92. The third-order valence-electron chi connectivity index (χ3n) is 6.82. The average molecular weight is 502 g/mol. The van der Waals surface area contributed by atoms with E-state index < -0.39 is 18.1 Å². The summed E-state index contributed by atoms with van der Waals surface area (Å²) in [6.07, 6.45) is 2.49. The summed E-state index contributed by atoms with van der Waals surface area (Å²) in [5, 5.41) is 0. The zero-order valence-corrected chi connectivity index (χ0v) is 19.9. The van der Waals surface area contributed by atoms with E-state index in [-0.39, 0.29) is 18.0 Å². The molecule has 36 heavy (non-hydrogen) atoms. The first-order chi connectivity index (χ1) is 17.4. The Balaban J connectivity index is 1.45. The Morgan fingerprint density at radius 3 is 2.44 bits per heavy atom. The topological polar surface area (TPSA) is 82.5 Å². The lowest BCUT2D eigenvalue weighted by Crippen LogP contribution is -2.58. The molecule has 2 aromatic heterocycles. The van der Waals surface area contributed by atoms with Crippen molar-refractivity contribution < 1.29 is 27.4 Å². The van der Waals surface area contributed by atoms with Crippen LogP contribution < -0.4 is 9.47 Å². The first kappa shape index (κ1) is 24.4. The van der Waals surface area contributed by atoms with Gasteiger partial charge in [0, 0.05) is 43.2 Å². The van der Waals surface area contributed by atoms with Gasteiger partial charge in [0.1, 0.15) is 18.1 Å². The molecule has 11 heteroatoms. The van der Waals surface area contributed by atoms with Crippen molar-refractivity contribution >= 4 is 0 Å². The van der Waals surface area contributed by atoms with Crippen molar-refractivity contribution in [1.29, 1.82) is 0 Å². The molecule has 3 aliphatic rings. The van der Waals surface area contributed by atoms with Gasteiger partial charge in [-0.15, -0.1) is 0 Å². The average Bonchev–Trinajstić information content (AvgIpc) is 2.90. The Kier molecular flexibility index (Phi) is 6.76. The molecule has 4 atom stereocenters. The maximum atomic E-state index is 12.9. The zero-order chi connectivity index (χ0) is 25.3. The quantitative estimate of drug-likeness (QED) is 0.467. The highest BCUT2D eigenvalue weighted by molar-refractivity contribution is 5.65. The lowest BCUT2D eigenvalue weighted by molar-refractivity contribution is -0.142. The lowest BCUT2D eigenvalue weighted by Gasteiger charge is -2.51. The van der Waals surface area contributed by atoms with Crippen molar-refractivity contribution in [3.63, 3.8) is 0 Å². The normalized spacial score (nSPS) is 22.9. The molecule has 3 aromatic rings. The number of aromatic nitrogens is 4. The van der Waals surface area contributed by atoms with Crippen LogP contribution in [0.5, 0.6) is 11.6 Å². The lowest BCUT2D eigenvalue weighted by atomic mass is 9.77. The molecule has 4 unspecified atom stereocenters. The standard InChI is InChI=1S/C25H26F3N5O3/c1-34-18-6-3-5-16(23-29-9-4-10-30-23)22(18)24(35-2)33-14-15-7-8-17(33)19(11-15)36-21-13-31-20(12-32-21)25(26,27)28/h3-6,9-10,12-13,15,17,19,24H,7-8,11,14H2,1-2H3. The first-order valence-corrected chi connectivity index (χ1v) is 11.7. The molecule has 8 nitrogen and oxygen atoms in total. The third-order valence-corrected chi connectivity index (χ3v) is 6.82. The van der Waals surface area contributed by atoms with E-state index in [1.54, 1.807) is 32.7 Å². The largest absolute Gasteiger partial charge is 0.496 e. The fraction of sp³-hybridized carbons (Fsp3) is 0.440. The van der Waals surface area contributed by atoms with Gasteiger partial charge in [-0.2, -0.15) is 13.2 Å². The predicted molar refractivity (Wildman–Crippen MR) is 123 cm³/mol. The number of rotatable bonds is 7. The molecule has 4 heterocycles. The van der Waals surface area contributed by atoms with Crippen LogP contribution in [0.2, 0.25) is 0 Å². The summed E-state index contributed by atoms with van der Waals surface area (Å²) in [7, 11) is 3.25. The van der Waals surface area contributed by atoms with Gasteiger partial charge in [0.25, 0.3) is 0 Å². The molecule has 0 spiro atoms. The van der Waals surface area contributed by atoms with Crippen LogP contribution in [0.15, 0.2) is 49.1 Å². The highest BCUT2D eigenvalue weighted by atomic mass is 19.4. The van der Waals surface area contributed by atoms with Crippen LogP contribution in [0.1, 0.15) is 36.7 Å². The smallest absolute Gasteiger partial charge is 0.434 e. The second-order valence-corrected chi connectivity index (χ2v) is 8.92. The molecular formula is C25H26F3N5O3. The summed E-state index contributed by atoms with van der Waals surface area (Å²) < 4.78 is 56.5. The maximum absolute atomic E-state index is 12.9. The van der Waals surface area contributed by atoms with E-state index in [0.717, 1.165) is 43.1 Å². The molecule has 6 rings (SSSR count). The van der Waals surface area contributed by atoms with Crippen molar-refractivity contribution in [2.45, 2.75) is 43.8 Å². The van der Waals surface area contributed by atoms with Gasteiger partial charge >= 0.3 is 6.18 Å². The zero-order valence-electron chi connectivity index (χ0n) is 19.9. The molecular weight excluding hydrogens is 475 g/mol. The molecule has 0 N–H and O–H groups in total. The number of hydrogen-bond acceptors (Lipinski definition) is 8.